The lowest BCUT2D eigenvalue weighted by Gasteiger charge is -2.18. The number of alkyl halides is 3. The van der Waals surface area contributed by atoms with Gasteiger partial charge in [0.15, 0.2) is 0 Å². The van der Waals surface area contributed by atoms with E-state index >= 15 is 0 Å². The molecule has 1 aliphatic rings. The summed E-state index contributed by atoms with van der Waals surface area (Å²) >= 11 is 9.18. The molecule has 1 fully saturated rings. The van der Waals surface area contributed by atoms with Gasteiger partial charge >= 0.3 is 6.36 Å². The van der Waals surface area contributed by atoms with Crippen molar-refractivity contribution < 1.29 is 17.9 Å². The molecule has 8 nitrogen and oxygen atoms in total. The van der Waals surface area contributed by atoms with Crippen molar-refractivity contribution in [3.05, 3.63) is 44.2 Å². The van der Waals surface area contributed by atoms with Gasteiger partial charge < -0.3 is 25.7 Å². The second kappa shape index (κ2) is 9.30. The number of halogens is 6. The SMILES string of the molecule is Cl.N[C@@H]1CCN(c2nc(Nc3ccc(Cl)c(OC(F)(F)F)c3)c3c(=O)[nH]cc(Br)c3n2)C1. The Morgan fingerprint density at radius 3 is 2.75 bits per heavy atom. The van der Waals surface area contributed by atoms with Gasteiger partial charge in [0.05, 0.1) is 15.0 Å². The van der Waals surface area contributed by atoms with Gasteiger partial charge in [-0.2, -0.15) is 4.98 Å². The van der Waals surface area contributed by atoms with Crippen molar-refractivity contribution in [2.75, 3.05) is 23.3 Å². The Kier molecular flexibility index (Phi) is 7.08. The maximum atomic E-state index is 12.7. The Hall–Kier alpha value is -2.28. The average molecular weight is 556 g/mol. The van der Waals surface area contributed by atoms with Crippen LogP contribution in [0, 0.1) is 0 Å². The van der Waals surface area contributed by atoms with Crippen LogP contribution in [0.3, 0.4) is 0 Å². The molecule has 0 amide bonds. The third kappa shape index (κ3) is 5.20. The Balaban J connectivity index is 0.00000289. The molecule has 0 aliphatic carbocycles. The van der Waals surface area contributed by atoms with Crippen LogP contribution in [0.1, 0.15) is 6.42 Å². The lowest BCUT2D eigenvalue weighted by atomic mass is 10.2. The van der Waals surface area contributed by atoms with E-state index < -0.39 is 17.7 Å². The zero-order valence-electron chi connectivity index (χ0n) is 16.0. The molecule has 4 rings (SSSR count). The minimum Gasteiger partial charge on any atom is -0.404 e. The van der Waals surface area contributed by atoms with Gasteiger partial charge in [0, 0.05) is 37.1 Å². The number of aromatic nitrogens is 3. The number of hydrogen-bond acceptors (Lipinski definition) is 7. The monoisotopic (exact) mass is 554 g/mol. The van der Waals surface area contributed by atoms with Crippen molar-refractivity contribution in [1.29, 1.82) is 0 Å². The summed E-state index contributed by atoms with van der Waals surface area (Å²) in [6.45, 7) is 1.17. The fourth-order valence-corrected chi connectivity index (χ4v) is 3.79. The van der Waals surface area contributed by atoms with E-state index in [1.54, 1.807) is 0 Å². The second-order valence-electron chi connectivity index (χ2n) is 6.87. The summed E-state index contributed by atoms with van der Waals surface area (Å²) in [5, 5.41) is 2.80. The largest absolute Gasteiger partial charge is 0.573 e. The Bertz CT molecular complexity index is 1210. The summed E-state index contributed by atoms with van der Waals surface area (Å²) < 4.78 is 42.4. The topological polar surface area (TPSA) is 109 Å². The number of H-pyrrole nitrogens is 1. The van der Waals surface area contributed by atoms with Crippen molar-refractivity contribution in [2.24, 2.45) is 5.73 Å². The number of ether oxygens (including phenoxy) is 1. The van der Waals surface area contributed by atoms with Crippen molar-refractivity contribution >= 4 is 68.3 Å². The molecule has 32 heavy (non-hydrogen) atoms. The van der Waals surface area contributed by atoms with Gasteiger partial charge in [-0.05, 0) is 34.5 Å². The number of fused-ring (bicyclic) bond motifs is 1. The second-order valence-corrected chi connectivity index (χ2v) is 8.14. The van der Waals surface area contributed by atoms with E-state index in [4.69, 9.17) is 17.3 Å². The molecule has 172 valence electrons. The van der Waals surface area contributed by atoms with Crippen LogP contribution in [-0.2, 0) is 0 Å². The highest BCUT2D eigenvalue weighted by molar-refractivity contribution is 9.10. The third-order valence-electron chi connectivity index (χ3n) is 4.61. The molecule has 14 heteroatoms. The lowest BCUT2D eigenvalue weighted by Crippen LogP contribution is -2.28. The predicted octanol–water partition coefficient (Wildman–Crippen LogP) is 4.34. The van der Waals surface area contributed by atoms with E-state index in [0.717, 1.165) is 12.5 Å². The molecule has 3 aromatic rings. The number of anilines is 3. The van der Waals surface area contributed by atoms with Gasteiger partial charge in [0.25, 0.3) is 5.56 Å². The molecule has 1 saturated heterocycles. The zero-order chi connectivity index (χ0) is 22.3. The van der Waals surface area contributed by atoms with Gasteiger partial charge in [-0.3, -0.25) is 4.79 Å². The quantitative estimate of drug-likeness (QED) is 0.439. The number of nitrogens with one attached hydrogen (secondary N) is 2. The molecule has 1 aliphatic heterocycles. The highest BCUT2D eigenvalue weighted by atomic mass is 79.9. The smallest absolute Gasteiger partial charge is 0.404 e. The number of hydrogen-bond donors (Lipinski definition) is 3. The highest BCUT2D eigenvalue weighted by Gasteiger charge is 2.32. The summed E-state index contributed by atoms with van der Waals surface area (Å²) in [4.78, 5) is 25.9. The zero-order valence-corrected chi connectivity index (χ0v) is 19.2. The first-order chi connectivity index (χ1) is 14.6. The van der Waals surface area contributed by atoms with E-state index in [2.05, 4.69) is 40.9 Å². The highest BCUT2D eigenvalue weighted by Crippen LogP contribution is 2.35. The molecule has 2 aromatic heterocycles. The Morgan fingerprint density at radius 1 is 1.34 bits per heavy atom. The fraction of sp³-hybridized carbons (Fsp3) is 0.278. The van der Waals surface area contributed by atoms with Gasteiger partial charge in [0.1, 0.15) is 17.0 Å². The van der Waals surface area contributed by atoms with Crippen LogP contribution < -0.4 is 26.2 Å². The fourth-order valence-electron chi connectivity index (χ4n) is 3.23. The van der Waals surface area contributed by atoms with Crippen LogP contribution in [0.25, 0.3) is 10.9 Å². The molecular weight excluding hydrogens is 540 g/mol. The summed E-state index contributed by atoms with van der Waals surface area (Å²) in [6.07, 6.45) is -2.69. The number of benzene rings is 1. The normalized spacial score (nSPS) is 16.2. The van der Waals surface area contributed by atoms with E-state index in [0.29, 0.717) is 29.0 Å². The summed E-state index contributed by atoms with van der Waals surface area (Å²) in [6, 6.07) is 3.73. The van der Waals surface area contributed by atoms with Crippen LogP contribution in [0.15, 0.2) is 33.7 Å². The molecule has 0 unspecified atom stereocenters. The molecule has 1 atom stereocenters. The number of pyridine rings is 1. The maximum absolute atomic E-state index is 12.7. The molecule has 3 heterocycles. The standard InChI is InChI=1S/C18H15BrClF3N6O2.ClH/c19-10-6-25-16(30)13-14(10)27-17(29-4-3-8(24)7-29)28-15(13)26-9-1-2-11(20)12(5-9)31-18(21,22)23;/h1-2,5-6,8H,3-4,7,24H2,(H,25,30)(H,26,27,28);1H/t8-;/m1./s1. The number of aromatic amines is 1. The number of nitrogens with zero attached hydrogens (tertiary/aromatic N) is 3. The van der Waals surface area contributed by atoms with Gasteiger partial charge in [0.2, 0.25) is 5.95 Å². The minimum atomic E-state index is -4.91. The maximum Gasteiger partial charge on any atom is 0.573 e. The van der Waals surface area contributed by atoms with E-state index in [1.807, 2.05) is 4.90 Å². The number of nitrogens with two attached hydrogens (primary N) is 1. The van der Waals surface area contributed by atoms with Gasteiger partial charge in [-0.25, -0.2) is 4.98 Å². The van der Waals surface area contributed by atoms with Crippen molar-refractivity contribution in [1.82, 2.24) is 15.0 Å². The average Bonchev–Trinajstić information content (AvgIpc) is 3.12. The first-order valence-corrected chi connectivity index (χ1v) is 10.2. The molecule has 0 spiro atoms. The van der Waals surface area contributed by atoms with Crippen LogP contribution in [0.4, 0.5) is 30.6 Å². The van der Waals surface area contributed by atoms with Crippen LogP contribution in [-0.4, -0.2) is 40.4 Å². The lowest BCUT2D eigenvalue weighted by molar-refractivity contribution is -0.274. The Morgan fingerprint density at radius 2 is 2.09 bits per heavy atom. The minimum absolute atomic E-state index is 0. The first kappa shape index (κ1) is 24.4. The Labute approximate surface area is 198 Å². The van der Waals surface area contributed by atoms with E-state index in [9.17, 15) is 18.0 Å². The van der Waals surface area contributed by atoms with Crippen molar-refractivity contribution in [3.63, 3.8) is 0 Å². The van der Waals surface area contributed by atoms with Crippen molar-refractivity contribution in [2.45, 2.75) is 18.8 Å². The van der Waals surface area contributed by atoms with E-state index in [-0.39, 0.29) is 40.4 Å². The summed E-state index contributed by atoms with van der Waals surface area (Å²) in [5.41, 5.74) is 6.04. The van der Waals surface area contributed by atoms with Crippen LogP contribution in [0.2, 0.25) is 5.02 Å². The molecule has 0 saturated carbocycles. The molecular formula is C18H16BrCl2F3N6O2. The molecule has 4 N–H and O–H groups in total. The molecule has 1 aromatic carbocycles. The van der Waals surface area contributed by atoms with E-state index in [1.165, 1.54) is 18.3 Å². The summed E-state index contributed by atoms with van der Waals surface area (Å²) in [7, 11) is 0. The van der Waals surface area contributed by atoms with Crippen LogP contribution in [0.5, 0.6) is 5.75 Å². The summed E-state index contributed by atoms with van der Waals surface area (Å²) in [5.74, 6) is -0.128. The van der Waals surface area contributed by atoms with Crippen molar-refractivity contribution in [3.8, 4) is 5.75 Å². The van der Waals surface area contributed by atoms with Gasteiger partial charge in [-0.1, -0.05) is 11.6 Å². The molecule has 0 bridgehead atoms. The van der Waals surface area contributed by atoms with Crippen LogP contribution >= 0.6 is 39.9 Å². The predicted molar refractivity (Wildman–Crippen MR) is 121 cm³/mol. The number of rotatable bonds is 4. The third-order valence-corrected chi connectivity index (χ3v) is 5.52. The molecule has 0 radical (unpaired) electrons. The van der Waals surface area contributed by atoms with Gasteiger partial charge in [-0.15, -0.1) is 25.6 Å². The first-order valence-electron chi connectivity index (χ1n) is 9.02.